The Morgan fingerprint density at radius 2 is 2.25 bits per heavy atom. The Hall–Kier alpha value is -0.810. The maximum absolute atomic E-state index is 11.3. The molecule has 0 radical (unpaired) electrons. The Labute approximate surface area is 102 Å². The number of rotatable bonds is 5. The van der Waals surface area contributed by atoms with E-state index in [4.69, 9.17) is 0 Å². The topological polar surface area (TPSA) is 67.4 Å². The van der Waals surface area contributed by atoms with Crippen LogP contribution in [0.2, 0.25) is 0 Å². The van der Waals surface area contributed by atoms with Crippen molar-refractivity contribution in [3.8, 4) is 0 Å². The minimum absolute atomic E-state index is 0. The van der Waals surface area contributed by atoms with Gasteiger partial charge in [0.25, 0.3) is 0 Å². The summed E-state index contributed by atoms with van der Waals surface area (Å²) < 4.78 is 4.41. The van der Waals surface area contributed by atoms with Crippen LogP contribution in [-0.2, 0) is 14.3 Å². The predicted molar refractivity (Wildman–Crippen MR) is 62.5 cm³/mol. The Balaban J connectivity index is 0.00000225. The molecule has 0 aliphatic carbocycles. The van der Waals surface area contributed by atoms with Gasteiger partial charge in [0.05, 0.1) is 7.11 Å². The van der Waals surface area contributed by atoms with E-state index in [0.29, 0.717) is 12.3 Å². The molecule has 0 spiro atoms. The molecular formula is C10H19ClN2O3. The third-order valence-electron chi connectivity index (χ3n) is 2.60. The molecule has 1 atom stereocenters. The third-order valence-corrected chi connectivity index (χ3v) is 2.60. The molecule has 94 valence electrons. The van der Waals surface area contributed by atoms with Crippen LogP contribution in [0.5, 0.6) is 0 Å². The van der Waals surface area contributed by atoms with Crippen molar-refractivity contribution in [3.63, 3.8) is 0 Å². The molecule has 1 amide bonds. The molecule has 0 aromatic rings. The molecular weight excluding hydrogens is 232 g/mol. The van der Waals surface area contributed by atoms with E-state index in [1.807, 2.05) is 0 Å². The van der Waals surface area contributed by atoms with Crippen molar-refractivity contribution in [1.82, 2.24) is 10.6 Å². The number of halogens is 1. The summed E-state index contributed by atoms with van der Waals surface area (Å²) in [4.78, 5) is 22.0. The van der Waals surface area contributed by atoms with Crippen molar-refractivity contribution in [3.05, 3.63) is 0 Å². The number of hydrogen-bond donors (Lipinski definition) is 2. The molecule has 6 heteroatoms. The highest BCUT2D eigenvalue weighted by molar-refractivity contribution is 5.85. The van der Waals surface area contributed by atoms with Crippen molar-refractivity contribution >= 4 is 24.3 Å². The van der Waals surface area contributed by atoms with Gasteiger partial charge in [-0.25, -0.2) is 0 Å². The standard InChI is InChI=1S/C10H18N2O3.ClH/c1-15-10(14)7-12-9(13)3-2-8-4-5-11-6-8;/h8,11H,2-7H2,1H3,(H,12,13);1H. The summed E-state index contributed by atoms with van der Waals surface area (Å²) in [5, 5.41) is 5.77. The summed E-state index contributed by atoms with van der Waals surface area (Å²) in [5.41, 5.74) is 0. The van der Waals surface area contributed by atoms with Crippen molar-refractivity contribution in [2.45, 2.75) is 19.3 Å². The SMILES string of the molecule is COC(=O)CNC(=O)CCC1CCNC1.Cl. The van der Waals surface area contributed by atoms with E-state index >= 15 is 0 Å². The van der Waals surface area contributed by atoms with E-state index < -0.39 is 5.97 Å². The lowest BCUT2D eigenvalue weighted by Gasteiger charge is -2.07. The largest absolute Gasteiger partial charge is 0.468 e. The second-order valence-corrected chi connectivity index (χ2v) is 3.75. The van der Waals surface area contributed by atoms with E-state index in [1.54, 1.807) is 0 Å². The first kappa shape index (κ1) is 15.2. The van der Waals surface area contributed by atoms with E-state index in [1.165, 1.54) is 7.11 Å². The maximum Gasteiger partial charge on any atom is 0.325 e. The number of carbonyl (C=O) groups is 2. The second kappa shape index (κ2) is 8.35. The highest BCUT2D eigenvalue weighted by Crippen LogP contribution is 2.13. The van der Waals surface area contributed by atoms with Crippen LogP contribution in [0.25, 0.3) is 0 Å². The fourth-order valence-electron chi connectivity index (χ4n) is 1.63. The van der Waals surface area contributed by atoms with Gasteiger partial charge < -0.3 is 15.4 Å². The van der Waals surface area contributed by atoms with Crippen molar-refractivity contribution in [1.29, 1.82) is 0 Å². The molecule has 2 N–H and O–H groups in total. The quantitative estimate of drug-likeness (QED) is 0.679. The average molecular weight is 251 g/mol. The molecule has 0 bridgehead atoms. The van der Waals surface area contributed by atoms with E-state index in [0.717, 1.165) is 25.9 Å². The third kappa shape index (κ3) is 5.92. The normalized spacial score (nSPS) is 18.7. The summed E-state index contributed by atoms with van der Waals surface area (Å²) in [7, 11) is 1.30. The number of ether oxygens (including phenoxy) is 1. The molecule has 16 heavy (non-hydrogen) atoms. The van der Waals surface area contributed by atoms with Gasteiger partial charge in [-0.1, -0.05) is 0 Å². The zero-order valence-corrected chi connectivity index (χ0v) is 10.3. The summed E-state index contributed by atoms with van der Waals surface area (Å²) in [6, 6.07) is 0. The lowest BCUT2D eigenvalue weighted by molar-refractivity contribution is -0.141. The lowest BCUT2D eigenvalue weighted by Crippen LogP contribution is -2.30. The van der Waals surface area contributed by atoms with Crippen LogP contribution < -0.4 is 10.6 Å². The van der Waals surface area contributed by atoms with Crippen LogP contribution in [0, 0.1) is 5.92 Å². The van der Waals surface area contributed by atoms with Crippen molar-refractivity contribution in [2.75, 3.05) is 26.7 Å². The minimum Gasteiger partial charge on any atom is -0.468 e. The number of methoxy groups -OCH3 is 1. The zero-order valence-electron chi connectivity index (χ0n) is 9.45. The smallest absolute Gasteiger partial charge is 0.325 e. The van der Waals surface area contributed by atoms with Gasteiger partial charge in [0.1, 0.15) is 6.54 Å². The van der Waals surface area contributed by atoms with Gasteiger partial charge in [-0.3, -0.25) is 9.59 Å². The van der Waals surface area contributed by atoms with E-state index in [-0.39, 0.29) is 24.9 Å². The predicted octanol–water partition coefficient (Wildman–Crippen LogP) is 0.0871. The van der Waals surface area contributed by atoms with Crippen LogP contribution in [0.3, 0.4) is 0 Å². The first-order chi connectivity index (χ1) is 7.22. The number of hydrogen-bond acceptors (Lipinski definition) is 4. The maximum atomic E-state index is 11.3. The van der Waals surface area contributed by atoms with Gasteiger partial charge in [-0.2, -0.15) is 0 Å². The molecule has 0 saturated carbocycles. The van der Waals surface area contributed by atoms with Crippen molar-refractivity contribution in [2.24, 2.45) is 5.92 Å². The Bertz CT molecular complexity index is 230. The van der Waals surface area contributed by atoms with Gasteiger partial charge in [0.15, 0.2) is 0 Å². The molecule has 0 aromatic heterocycles. The van der Waals surface area contributed by atoms with Crippen LogP contribution >= 0.6 is 12.4 Å². The zero-order chi connectivity index (χ0) is 11.1. The van der Waals surface area contributed by atoms with E-state index in [9.17, 15) is 9.59 Å². The number of carbonyl (C=O) groups excluding carboxylic acids is 2. The van der Waals surface area contributed by atoms with Gasteiger partial charge in [0, 0.05) is 6.42 Å². The first-order valence-corrected chi connectivity index (χ1v) is 5.26. The lowest BCUT2D eigenvalue weighted by atomic mass is 10.0. The van der Waals surface area contributed by atoms with Crippen LogP contribution in [0.4, 0.5) is 0 Å². The first-order valence-electron chi connectivity index (χ1n) is 5.26. The van der Waals surface area contributed by atoms with Gasteiger partial charge in [0.2, 0.25) is 5.91 Å². The van der Waals surface area contributed by atoms with E-state index in [2.05, 4.69) is 15.4 Å². The minimum atomic E-state index is -0.411. The average Bonchev–Trinajstić information content (AvgIpc) is 2.75. The van der Waals surface area contributed by atoms with Crippen LogP contribution in [0.15, 0.2) is 0 Å². The summed E-state index contributed by atoms with van der Waals surface area (Å²) >= 11 is 0. The second-order valence-electron chi connectivity index (χ2n) is 3.75. The molecule has 1 fully saturated rings. The molecule has 1 unspecified atom stereocenters. The monoisotopic (exact) mass is 250 g/mol. The molecule has 1 saturated heterocycles. The van der Waals surface area contributed by atoms with Crippen LogP contribution in [-0.4, -0.2) is 38.6 Å². The molecule has 1 heterocycles. The molecule has 1 aliphatic rings. The summed E-state index contributed by atoms with van der Waals surface area (Å²) in [6.07, 6.45) is 2.52. The van der Waals surface area contributed by atoms with Gasteiger partial charge in [-0.05, 0) is 31.8 Å². The molecule has 1 rings (SSSR count). The molecule has 5 nitrogen and oxygen atoms in total. The summed E-state index contributed by atoms with van der Waals surface area (Å²) in [6.45, 7) is 2.02. The van der Waals surface area contributed by atoms with Gasteiger partial charge in [-0.15, -0.1) is 12.4 Å². The Morgan fingerprint density at radius 3 is 2.81 bits per heavy atom. The fraction of sp³-hybridized carbons (Fsp3) is 0.800. The van der Waals surface area contributed by atoms with Crippen LogP contribution in [0.1, 0.15) is 19.3 Å². The highest BCUT2D eigenvalue weighted by Gasteiger charge is 2.15. The van der Waals surface area contributed by atoms with Crippen molar-refractivity contribution < 1.29 is 14.3 Å². The molecule has 1 aliphatic heterocycles. The number of esters is 1. The number of amides is 1. The molecule has 0 aromatic carbocycles. The Morgan fingerprint density at radius 1 is 1.50 bits per heavy atom. The summed E-state index contributed by atoms with van der Waals surface area (Å²) in [5.74, 6) is 0.118. The Kier molecular flexibility index (Phi) is 7.93. The highest BCUT2D eigenvalue weighted by atomic mass is 35.5. The number of nitrogens with one attached hydrogen (secondary N) is 2. The van der Waals surface area contributed by atoms with Gasteiger partial charge >= 0.3 is 5.97 Å². The fourth-order valence-corrected chi connectivity index (χ4v) is 1.63.